The summed E-state index contributed by atoms with van der Waals surface area (Å²) in [6.07, 6.45) is 5.15. The molecule has 0 aliphatic carbocycles. The molecule has 0 saturated carbocycles. The molecule has 8 heteroatoms. The van der Waals surface area contributed by atoms with E-state index in [1.54, 1.807) is 6.20 Å². The average Bonchev–Trinajstić information content (AvgIpc) is 3.54. The maximum atomic E-state index is 12.7. The van der Waals surface area contributed by atoms with Gasteiger partial charge in [-0.15, -0.1) is 0 Å². The van der Waals surface area contributed by atoms with Crippen LogP contribution in [0.4, 0.5) is 5.69 Å². The molecule has 4 aromatic rings. The molecule has 5 rings (SSSR count). The molecule has 0 radical (unpaired) electrons. The summed E-state index contributed by atoms with van der Waals surface area (Å²) in [6, 6.07) is 14.5. The van der Waals surface area contributed by atoms with Gasteiger partial charge in [0.1, 0.15) is 0 Å². The summed E-state index contributed by atoms with van der Waals surface area (Å²) < 4.78 is 3.67. The number of fused-ring (bicyclic) bond motifs is 1. The van der Waals surface area contributed by atoms with E-state index in [9.17, 15) is 4.79 Å². The number of aromatic nitrogens is 4. The molecular weight excluding hydrogens is 404 g/mol. The van der Waals surface area contributed by atoms with Crippen LogP contribution in [0.3, 0.4) is 0 Å². The molecule has 1 aliphatic heterocycles. The van der Waals surface area contributed by atoms with Crippen LogP contribution >= 0.6 is 0 Å². The van der Waals surface area contributed by atoms with Gasteiger partial charge in [-0.1, -0.05) is 47.6 Å². The minimum atomic E-state index is -0.671. The van der Waals surface area contributed by atoms with Crippen molar-refractivity contribution >= 4 is 28.1 Å². The molecule has 2 aromatic carbocycles. The number of aryl methyl sites for hydroxylation is 2. The highest BCUT2D eigenvalue weighted by Gasteiger charge is 2.30. The van der Waals surface area contributed by atoms with Gasteiger partial charge in [0.25, 0.3) is 5.91 Å². The molecule has 3 heterocycles. The summed E-state index contributed by atoms with van der Waals surface area (Å²) >= 11 is 0. The number of anilines is 1. The highest BCUT2D eigenvalue weighted by molar-refractivity contribution is 6.06. The standard InChI is InChI=1S/C24H24N6O2/c1-3-29-15-21(16(2)27-29)22-11-23(32-28-22)24(31)26-19-12-25-30(14-19)13-18-9-6-8-17-7-4-5-10-20(17)18/h4-10,12,14-15,23H,3,11,13H2,1-2H3,(H,26,31). The monoisotopic (exact) mass is 428 g/mol. The van der Waals surface area contributed by atoms with E-state index >= 15 is 0 Å². The second kappa shape index (κ2) is 8.30. The zero-order valence-electron chi connectivity index (χ0n) is 18.0. The summed E-state index contributed by atoms with van der Waals surface area (Å²) in [6.45, 7) is 5.36. The number of carbonyl (C=O) groups is 1. The van der Waals surface area contributed by atoms with Gasteiger partial charge in [-0.2, -0.15) is 10.2 Å². The summed E-state index contributed by atoms with van der Waals surface area (Å²) in [5.41, 5.74) is 4.34. The molecule has 162 valence electrons. The summed E-state index contributed by atoms with van der Waals surface area (Å²) in [7, 11) is 0. The Bertz CT molecular complexity index is 1310. The third-order valence-electron chi connectivity index (χ3n) is 5.66. The molecule has 1 N–H and O–H groups in total. The van der Waals surface area contributed by atoms with E-state index in [1.807, 2.05) is 53.8 Å². The first-order chi connectivity index (χ1) is 15.6. The fraction of sp³-hybridized carbons (Fsp3) is 0.250. The van der Waals surface area contributed by atoms with Crippen molar-refractivity contribution in [2.45, 2.75) is 39.5 Å². The van der Waals surface area contributed by atoms with Gasteiger partial charge in [0.05, 0.1) is 29.8 Å². The van der Waals surface area contributed by atoms with Crippen LogP contribution in [0.5, 0.6) is 0 Å². The fourth-order valence-electron chi connectivity index (χ4n) is 3.98. The largest absolute Gasteiger partial charge is 0.382 e. The van der Waals surface area contributed by atoms with E-state index < -0.39 is 6.10 Å². The van der Waals surface area contributed by atoms with Gasteiger partial charge in [0, 0.05) is 30.9 Å². The van der Waals surface area contributed by atoms with Gasteiger partial charge in [0.2, 0.25) is 6.10 Å². The van der Waals surface area contributed by atoms with Crippen LogP contribution in [0.2, 0.25) is 0 Å². The number of nitrogens with one attached hydrogen (secondary N) is 1. The normalized spacial score (nSPS) is 15.6. The van der Waals surface area contributed by atoms with Crippen molar-refractivity contribution in [2.24, 2.45) is 5.16 Å². The average molecular weight is 428 g/mol. The van der Waals surface area contributed by atoms with Crippen LogP contribution in [0.1, 0.15) is 30.2 Å². The maximum Gasteiger partial charge on any atom is 0.268 e. The lowest BCUT2D eigenvalue weighted by Crippen LogP contribution is -2.27. The van der Waals surface area contributed by atoms with Crippen molar-refractivity contribution < 1.29 is 9.63 Å². The van der Waals surface area contributed by atoms with Gasteiger partial charge in [-0.25, -0.2) is 0 Å². The van der Waals surface area contributed by atoms with Gasteiger partial charge in [-0.05, 0) is 30.2 Å². The fourth-order valence-corrected chi connectivity index (χ4v) is 3.98. The number of carbonyl (C=O) groups excluding carboxylic acids is 1. The Morgan fingerprint density at radius 1 is 1.16 bits per heavy atom. The van der Waals surface area contributed by atoms with Gasteiger partial charge in [0.15, 0.2) is 0 Å². The molecule has 0 fully saturated rings. The maximum absolute atomic E-state index is 12.7. The van der Waals surface area contributed by atoms with Gasteiger partial charge < -0.3 is 10.2 Å². The van der Waals surface area contributed by atoms with E-state index in [2.05, 4.69) is 44.9 Å². The van der Waals surface area contributed by atoms with Crippen LogP contribution in [0, 0.1) is 6.92 Å². The Hall–Kier alpha value is -3.94. The number of amides is 1. The molecule has 1 unspecified atom stereocenters. The summed E-state index contributed by atoms with van der Waals surface area (Å²) in [5.74, 6) is -0.242. The topological polar surface area (TPSA) is 86.3 Å². The molecule has 0 saturated heterocycles. The lowest BCUT2D eigenvalue weighted by Gasteiger charge is -2.08. The summed E-state index contributed by atoms with van der Waals surface area (Å²) in [5, 5.41) is 18.3. The number of oxime groups is 1. The lowest BCUT2D eigenvalue weighted by atomic mass is 10.0. The van der Waals surface area contributed by atoms with Crippen molar-refractivity contribution in [3.63, 3.8) is 0 Å². The van der Waals surface area contributed by atoms with Crippen LogP contribution < -0.4 is 5.32 Å². The number of hydrogen-bond acceptors (Lipinski definition) is 5. The van der Waals surface area contributed by atoms with E-state index in [0.29, 0.717) is 18.7 Å². The van der Waals surface area contributed by atoms with Crippen molar-refractivity contribution in [3.8, 4) is 0 Å². The van der Waals surface area contributed by atoms with Gasteiger partial charge in [-0.3, -0.25) is 14.2 Å². The number of benzene rings is 2. The second-order valence-electron chi connectivity index (χ2n) is 7.87. The Labute approximate surface area is 185 Å². The molecular formula is C24H24N6O2. The first-order valence-electron chi connectivity index (χ1n) is 10.7. The predicted octanol–water partition coefficient (Wildman–Crippen LogP) is 3.74. The third kappa shape index (κ3) is 3.87. The molecule has 2 aromatic heterocycles. The van der Waals surface area contributed by atoms with E-state index in [4.69, 9.17) is 4.84 Å². The van der Waals surface area contributed by atoms with Crippen LogP contribution in [-0.4, -0.2) is 37.3 Å². The van der Waals surface area contributed by atoms with Crippen molar-refractivity contribution in [1.82, 2.24) is 19.6 Å². The number of nitrogens with zero attached hydrogens (tertiary/aromatic N) is 5. The zero-order valence-corrected chi connectivity index (χ0v) is 18.0. The minimum Gasteiger partial charge on any atom is -0.382 e. The van der Waals surface area contributed by atoms with Crippen LogP contribution in [0.25, 0.3) is 10.8 Å². The molecule has 1 amide bonds. The van der Waals surface area contributed by atoms with E-state index in [-0.39, 0.29) is 5.91 Å². The van der Waals surface area contributed by atoms with Crippen molar-refractivity contribution in [2.75, 3.05) is 5.32 Å². The number of hydrogen-bond donors (Lipinski definition) is 1. The molecule has 1 atom stereocenters. The van der Waals surface area contributed by atoms with Gasteiger partial charge >= 0.3 is 0 Å². The Kier molecular flexibility index (Phi) is 5.18. The highest BCUT2D eigenvalue weighted by Crippen LogP contribution is 2.22. The first kappa shape index (κ1) is 20.0. The summed E-state index contributed by atoms with van der Waals surface area (Å²) in [4.78, 5) is 18.1. The van der Waals surface area contributed by atoms with Crippen molar-refractivity contribution in [3.05, 3.63) is 77.9 Å². The Morgan fingerprint density at radius 3 is 2.84 bits per heavy atom. The third-order valence-corrected chi connectivity index (χ3v) is 5.66. The predicted molar refractivity (Wildman–Crippen MR) is 123 cm³/mol. The zero-order chi connectivity index (χ0) is 22.1. The second-order valence-corrected chi connectivity index (χ2v) is 7.87. The lowest BCUT2D eigenvalue weighted by molar-refractivity contribution is -0.125. The quantitative estimate of drug-likeness (QED) is 0.507. The smallest absolute Gasteiger partial charge is 0.268 e. The van der Waals surface area contributed by atoms with E-state index in [1.165, 1.54) is 16.3 Å². The van der Waals surface area contributed by atoms with Crippen LogP contribution in [0.15, 0.2) is 66.2 Å². The van der Waals surface area contributed by atoms with E-state index in [0.717, 1.165) is 23.5 Å². The minimum absolute atomic E-state index is 0.242. The molecule has 32 heavy (non-hydrogen) atoms. The first-order valence-corrected chi connectivity index (χ1v) is 10.7. The molecule has 8 nitrogen and oxygen atoms in total. The molecule has 0 spiro atoms. The molecule has 0 bridgehead atoms. The molecule has 1 aliphatic rings. The Balaban J connectivity index is 1.23. The highest BCUT2D eigenvalue weighted by atomic mass is 16.6. The van der Waals surface area contributed by atoms with Crippen molar-refractivity contribution in [1.29, 1.82) is 0 Å². The Morgan fingerprint density at radius 2 is 2.00 bits per heavy atom. The SMILES string of the molecule is CCn1cc(C2=NOC(C(=O)Nc3cnn(Cc4cccc5ccccc45)c3)C2)c(C)n1. The number of rotatable bonds is 6. The van der Waals surface area contributed by atoms with Crippen LogP contribution in [-0.2, 0) is 22.7 Å².